The molecule has 1 aromatic carbocycles. The van der Waals surface area contributed by atoms with Crippen molar-refractivity contribution in [2.45, 2.75) is 19.9 Å². The Morgan fingerprint density at radius 3 is 3.00 bits per heavy atom. The normalized spacial score (nSPS) is 15.6. The van der Waals surface area contributed by atoms with Crippen molar-refractivity contribution in [2.75, 3.05) is 26.3 Å². The maximum Gasteiger partial charge on any atom is 0.0645 e. The molecule has 1 aliphatic heterocycles. The number of hydrogen-bond donors (Lipinski definition) is 1. The van der Waals surface area contributed by atoms with Crippen LogP contribution >= 0.6 is 0 Å². The van der Waals surface area contributed by atoms with Crippen LogP contribution in [0.1, 0.15) is 18.9 Å². The number of nitrogens with zero attached hydrogens (tertiary/aromatic N) is 1. The van der Waals surface area contributed by atoms with Crippen LogP contribution in [0.2, 0.25) is 0 Å². The fraction of sp³-hybridized carbons (Fsp3) is 0.412. The average molecular weight is 270 g/mol. The summed E-state index contributed by atoms with van der Waals surface area (Å²) < 4.78 is 7.82. The molecule has 1 aromatic heterocycles. The molecular weight excluding hydrogens is 248 g/mol. The first-order valence-electron chi connectivity index (χ1n) is 7.46. The third kappa shape index (κ3) is 2.65. The molecule has 0 fully saturated rings. The summed E-state index contributed by atoms with van der Waals surface area (Å²) in [5, 5.41) is 4.74. The Morgan fingerprint density at radius 1 is 1.30 bits per heavy atom. The van der Waals surface area contributed by atoms with Crippen LogP contribution < -0.4 is 5.32 Å². The molecule has 1 N–H and O–H groups in total. The van der Waals surface area contributed by atoms with Gasteiger partial charge < -0.3 is 14.6 Å². The van der Waals surface area contributed by atoms with Crippen molar-refractivity contribution in [2.24, 2.45) is 0 Å². The van der Waals surface area contributed by atoms with Gasteiger partial charge in [0.15, 0.2) is 0 Å². The quantitative estimate of drug-likeness (QED) is 0.845. The zero-order valence-electron chi connectivity index (χ0n) is 12.1. The SMILES string of the molecule is CCOCCn1cc(C2=CCNCC2)c2ccccc21. The van der Waals surface area contributed by atoms with E-state index in [-0.39, 0.29) is 0 Å². The molecule has 3 nitrogen and oxygen atoms in total. The highest BCUT2D eigenvalue weighted by molar-refractivity contribution is 5.93. The van der Waals surface area contributed by atoms with E-state index in [1.54, 1.807) is 0 Å². The molecule has 2 aromatic rings. The number of nitrogens with one attached hydrogen (secondary N) is 1. The third-order valence-electron chi connectivity index (χ3n) is 3.88. The Labute approximate surface area is 120 Å². The minimum atomic E-state index is 0.773. The summed E-state index contributed by atoms with van der Waals surface area (Å²) in [7, 11) is 0. The predicted octanol–water partition coefficient (Wildman–Crippen LogP) is 3.05. The van der Waals surface area contributed by atoms with Crippen LogP contribution in [0.3, 0.4) is 0 Å². The largest absolute Gasteiger partial charge is 0.380 e. The van der Waals surface area contributed by atoms with E-state index in [2.05, 4.69) is 46.4 Å². The van der Waals surface area contributed by atoms with Gasteiger partial charge >= 0.3 is 0 Å². The molecule has 0 unspecified atom stereocenters. The zero-order chi connectivity index (χ0) is 13.8. The molecule has 3 rings (SSSR count). The van der Waals surface area contributed by atoms with E-state index >= 15 is 0 Å². The summed E-state index contributed by atoms with van der Waals surface area (Å²) in [6.45, 7) is 6.56. The lowest BCUT2D eigenvalue weighted by Crippen LogP contribution is -2.19. The Morgan fingerprint density at radius 2 is 2.20 bits per heavy atom. The molecule has 3 heteroatoms. The number of hydrogen-bond acceptors (Lipinski definition) is 2. The third-order valence-corrected chi connectivity index (χ3v) is 3.88. The minimum Gasteiger partial charge on any atom is -0.380 e. The van der Waals surface area contributed by atoms with Crippen LogP contribution in [-0.4, -0.2) is 30.9 Å². The van der Waals surface area contributed by atoms with E-state index < -0.39 is 0 Å². The van der Waals surface area contributed by atoms with E-state index in [4.69, 9.17) is 4.74 Å². The fourth-order valence-corrected chi connectivity index (χ4v) is 2.86. The molecule has 0 atom stereocenters. The molecule has 0 bridgehead atoms. The maximum atomic E-state index is 5.50. The molecule has 0 radical (unpaired) electrons. The number of para-hydroxylation sites is 1. The summed E-state index contributed by atoms with van der Waals surface area (Å²) in [6, 6.07) is 8.66. The molecule has 0 saturated carbocycles. The van der Waals surface area contributed by atoms with Gasteiger partial charge in [-0.05, 0) is 31.5 Å². The molecule has 2 heterocycles. The van der Waals surface area contributed by atoms with Crippen LogP contribution in [0.15, 0.2) is 36.5 Å². The van der Waals surface area contributed by atoms with Crippen LogP contribution in [0, 0.1) is 0 Å². The van der Waals surface area contributed by atoms with E-state index in [1.807, 2.05) is 6.92 Å². The van der Waals surface area contributed by atoms with Gasteiger partial charge in [0.1, 0.15) is 0 Å². The van der Waals surface area contributed by atoms with Gasteiger partial charge in [-0.25, -0.2) is 0 Å². The summed E-state index contributed by atoms with van der Waals surface area (Å²) in [6.07, 6.45) is 5.72. The number of fused-ring (bicyclic) bond motifs is 1. The number of benzene rings is 1. The standard InChI is InChI=1S/C17H22N2O/c1-2-20-12-11-19-13-16(14-7-9-18-10-8-14)15-5-3-4-6-17(15)19/h3-7,13,18H,2,8-12H2,1H3. The summed E-state index contributed by atoms with van der Waals surface area (Å²) in [5.74, 6) is 0. The van der Waals surface area contributed by atoms with Crippen molar-refractivity contribution in [1.82, 2.24) is 9.88 Å². The van der Waals surface area contributed by atoms with Crippen LogP contribution in [-0.2, 0) is 11.3 Å². The van der Waals surface area contributed by atoms with Crippen molar-refractivity contribution in [3.8, 4) is 0 Å². The molecule has 0 aliphatic carbocycles. The second-order valence-electron chi connectivity index (χ2n) is 5.13. The van der Waals surface area contributed by atoms with Gasteiger partial charge in [-0.3, -0.25) is 0 Å². The number of aromatic nitrogens is 1. The smallest absolute Gasteiger partial charge is 0.0645 e. The van der Waals surface area contributed by atoms with Crippen molar-refractivity contribution in [3.63, 3.8) is 0 Å². The van der Waals surface area contributed by atoms with E-state index in [0.717, 1.165) is 39.3 Å². The van der Waals surface area contributed by atoms with Crippen LogP contribution in [0.5, 0.6) is 0 Å². The highest BCUT2D eigenvalue weighted by atomic mass is 16.5. The molecule has 0 spiro atoms. The Kier molecular flexibility index (Phi) is 4.19. The van der Waals surface area contributed by atoms with Crippen LogP contribution in [0.4, 0.5) is 0 Å². The number of ether oxygens (including phenoxy) is 1. The number of rotatable bonds is 5. The lowest BCUT2D eigenvalue weighted by Gasteiger charge is -2.13. The van der Waals surface area contributed by atoms with Crippen molar-refractivity contribution >= 4 is 16.5 Å². The van der Waals surface area contributed by atoms with Gasteiger partial charge in [0.2, 0.25) is 0 Å². The first kappa shape index (κ1) is 13.4. The van der Waals surface area contributed by atoms with E-state index in [9.17, 15) is 0 Å². The van der Waals surface area contributed by atoms with Gasteiger partial charge in [0, 0.05) is 42.4 Å². The van der Waals surface area contributed by atoms with Crippen LogP contribution in [0.25, 0.3) is 16.5 Å². The van der Waals surface area contributed by atoms with Gasteiger partial charge in [-0.2, -0.15) is 0 Å². The van der Waals surface area contributed by atoms with Crippen molar-refractivity contribution in [3.05, 3.63) is 42.1 Å². The Balaban J connectivity index is 1.97. The first-order valence-corrected chi connectivity index (χ1v) is 7.46. The first-order chi connectivity index (χ1) is 9.90. The molecule has 1 aliphatic rings. The van der Waals surface area contributed by atoms with Gasteiger partial charge in [0.05, 0.1) is 6.61 Å². The van der Waals surface area contributed by atoms with Crippen molar-refractivity contribution < 1.29 is 4.74 Å². The lowest BCUT2D eigenvalue weighted by molar-refractivity contribution is 0.140. The second kappa shape index (κ2) is 6.25. The molecule has 106 valence electrons. The Hall–Kier alpha value is -1.58. The maximum absolute atomic E-state index is 5.50. The molecular formula is C17H22N2O. The van der Waals surface area contributed by atoms with Gasteiger partial charge in [-0.15, -0.1) is 0 Å². The highest BCUT2D eigenvalue weighted by Crippen LogP contribution is 2.29. The average Bonchev–Trinajstić information content (AvgIpc) is 2.88. The molecule has 0 saturated heterocycles. The minimum absolute atomic E-state index is 0.773. The molecule has 0 amide bonds. The summed E-state index contributed by atoms with van der Waals surface area (Å²) in [4.78, 5) is 0. The topological polar surface area (TPSA) is 26.2 Å². The van der Waals surface area contributed by atoms with Gasteiger partial charge in [-0.1, -0.05) is 24.3 Å². The summed E-state index contributed by atoms with van der Waals surface area (Å²) in [5.41, 5.74) is 4.16. The van der Waals surface area contributed by atoms with Crippen molar-refractivity contribution in [1.29, 1.82) is 0 Å². The van der Waals surface area contributed by atoms with E-state index in [0.29, 0.717) is 0 Å². The van der Waals surface area contributed by atoms with Gasteiger partial charge in [0.25, 0.3) is 0 Å². The lowest BCUT2D eigenvalue weighted by atomic mass is 10.00. The highest BCUT2D eigenvalue weighted by Gasteiger charge is 2.13. The fourth-order valence-electron chi connectivity index (χ4n) is 2.86. The monoisotopic (exact) mass is 270 g/mol. The summed E-state index contributed by atoms with van der Waals surface area (Å²) >= 11 is 0. The van der Waals surface area contributed by atoms with E-state index in [1.165, 1.54) is 22.0 Å². The second-order valence-corrected chi connectivity index (χ2v) is 5.13. The Bertz CT molecular complexity index is 612. The molecule has 20 heavy (non-hydrogen) atoms. The predicted molar refractivity (Wildman–Crippen MR) is 83.9 cm³/mol. The zero-order valence-corrected chi connectivity index (χ0v) is 12.1.